The lowest BCUT2D eigenvalue weighted by molar-refractivity contribution is 0.669. The highest BCUT2D eigenvalue weighted by Crippen LogP contribution is 2.41. The van der Waals surface area contributed by atoms with Crippen molar-refractivity contribution in [2.45, 2.75) is 0 Å². The largest absolute Gasteiger partial charge is 0.456 e. The van der Waals surface area contributed by atoms with Gasteiger partial charge in [-0.3, -0.25) is 0 Å². The van der Waals surface area contributed by atoms with Gasteiger partial charge in [0.25, 0.3) is 0 Å². The lowest BCUT2D eigenvalue weighted by Crippen LogP contribution is -2.00. The molecule has 5 nitrogen and oxygen atoms in total. The summed E-state index contributed by atoms with van der Waals surface area (Å²) in [7, 11) is 0. The number of aromatic nitrogens is 4. The summed E-state index contributed by atoms with van der Waals surface area (Å²) in [5.74, 6) is 1.94. The highest BCUT2D eigenvalue weighted by atomic mass is 32.1. The molecule has 0 aliphatic rings. The fourth-order valence-electron chi connectivity index (χ4n) is 6.68. The molecule has 0 fully saturated rings. The number of furan rings is 1. The van der Waals surface area contributed by atoms with Crippen LogP contribution < -0.4 is 0 Å². The number of hydrogen-bond donors (Lipinski definition) is 0. The second-order valence-electron chi connectivity index (χ2n) is 12.3. The molecule has 0 unspecified atom stereocenters. The minimum atomic E-state index is 0.642. The Bertz CT molecular complexity index is 2810. The molecule has 3 heterocycles. The van der Waals surface area contributed by atoms with E-state index in [0.717, 1.165) is 81.3 Å². The van der Waals surface area contributed by atoms with Crippen LogP contribution in [0.5, 0.6) is 0 Å². The third-order valence-electron chi connectivity index (χ3n) is 9.13. The van der Waals surface area contributed by atoms with Crippen LogP contribution in [0.15, 0.2) is 162 Å². The fourth-order valence-corrected chi connectivity index (χ4v) is 7.67. The number of hydrogen-bond acceptors (Lipinski definition) is 6. The molecular formula is C44H26N4OS. The van der Waals surface area contributed by atoms with Gasteiger partial charge in [0.05, 0.1) is 10.2 Å². The average Bonchev–Trinajstić information content (AvgIpc) is 3.78. The number of rotatable bonds is 5. The standard InChI is InChI=1S/C44H26N4OS/c1-4-11-27(12-5-1)41-46-42(28-13-6-2-7-14-28)48-43(47-41)33-22-20-30-23-32(21-19-31(30)24-33)34-17-10-18-37-40(34)35-25-39-36(26-38(35)49-37)45-44(50-39)29-15-8-3-9-16-29/h1-26H. The molecule has 0 bridgehead atoms. The van der Waals surface area contributed by atoms with E-state index in [1.807, 2.05) is 84.9 Å². The summed E-state index contributed by atoms with van der Waals surface area (Å²) in [6, 6.07) is 54.1. The molecular weight excluding hydrogens is 633 g/mol. The molecule has 7 aromatic carbocycles. The quantitative estimate of drug-likeness (QED) is 0.184. The summed E-state index contributed by atoms with van der Waals surface area (Å²) < 4.78 is 7.56. The smallest absolute Gasteiger partial charge is 0.164 e. The van der Waals surface area contributed by atoms with Crippen LogP contribution in [0.1, 0.15) is 0 Å². The van der Waals surface area contributed by atoms with Crippen molar-refractivity contribution in [1.82, 2.24) is 19.9 Å². The first kappa shape index (κ1) is 28.5. The van der Waals surface area contributed by atoms with Gasteiger partial charge in [-0.1, -0.05) is 127 Å². The van der Waals surface area contributed by atoms with Crippen LogP contribution in [0.25, 0.3) is 98.8 Å². The summed E-state index contributed by atoms with van der Waals surface area (Å²) in [6.07, 6.45) is 0. The Morgan fingerprint density at radius 1 is 0.420 bits per heavy atom. The van der Waals surface area contributed by atoms with E-state index in [4.69, 9.17) is 24.4 Å². The van der Waals surface area contributed by atoms with E-state index >= 15 is 0 Å². The Morgan fingerprint density at radius 2 is 1.00 bits per heavy atom. The van der Waals surface area contributed by atoms with Gasteiger partial charge >= 0.3 is 0 Å². The normalized spacial score (nSPS) is 11.6. The van der Waals surface area contributed by atoms with Crippen LogP contribution in [-0.2, 0) is 0 Å². The number of nitrogens with zero attached hydrogens (tertiary/aromatic N) is 4. The van der Waals surface area contributed by atoms with Crippen molar-refractivity contribution in [2.75, 3.05) is 0 Å². The van der Waals surface area contributed by atoms with Gasteiger partial charge in [-0.2, -0.15) is 0 Å². The zero-order valence-corrected chi connectivity index (χ0v) is 27.4. The molecule has 0 spiro atoms. The Labute approximate surface area is 291 Å². The molecule has 0 saturated carbocycles. The third kappa shape index (κ3) is 4.93. The number of thiazole rings is 1. The summed E-state index contributed by atoms with van der Waals surface area (Å²) >= 11 is 1.71. The van der Waals surface area contributed by atoms with Crippen LogP contribution in [0.4, 0.5) is 0 Å². The fraction of sp³-hybridized carbons (Fsp3) is 0. The van der Waals surface area contributed by atoms with E-state index < -0.39 is 0 Å². The predicted molar refractivity (Wildman–Crippen MR) is 205 cm³/mol. The Morgan fingerprint density at radius 3 is 1.66 bits per heavy atom. The molecule has 10 aromatic rings. The van der Waals surface area contributed by atoms with Crippen LogP contribution in [-0.4, -0.2) is 19.9 Å². The monoisotopic (exact) mass is 658 g/mol. The molecule has 10 rings (SSSR count). The lowest BCUT2D eigenvalue weighted by Gasteiger charge is -2.10. The Balaban J connectivity index is 1.06. The van der Waals surface area contributed by atoms with Crippen molar-refractivity contribution in [1.29, 1.82) is 0 Å². The van der Waals surface area contributed by atoms with E-state index in [1.165, 1.54) is 0 Å². The van der Waals surface area contributed by atoms with Crippen molar-refractivity contribution in [3.8, 4) is 55.9 Å². The zero-order chi connectivity index (χ0) is 33.0. The van der Waals surface area contributed by atoms with E-state index in [0.29, 0.717) is 17.5 Å². The maximum atomic E-state index is 6.42. The van der Waals surface area contributed by atoms with E-state index in [1.54, 1.807) is 11.3 Å². The van der Waals surface area contributed by atoms with Crippen molar-refractivity contribution in [2.24, 2.45) is 0 Å². The lowest BCUT2D eigenvalue weighted by atomic mass is 9.96. The first-order valence-electron chi connectivity index (χ1n) is 16.5. The van der Waals surface area contributed by atoms with Gasteiger partial charge in [-0.15, -0.1) is 11.3 Å². The van der Waals surface area contributed by atoms with Crippen molar-refractivity contribution >= 4 is 54.3 Å². The minimum absolute atomic E-state index is 0.642. The molecule has 0 aliphatic carbocycles. The zero-order valence-electron chi connectivity index (χ0n) is 26.6. The van der Waals surface area contributed by atoms with Crippen molar-refractivity contribution < 1.29 is 4.42 Å². The molecule has 6 heteroatoms. The minimum Gasteiger partial charge on any atom is -0.456 e. The predicted octanol–water partition coefficient (Wildman–Crippen LogP) is 11.9. The number of benzene rings is 7. The topological polar surface area (TPSA) is 64.7 Å². The molecule has 0 saturated heterocycles. The van der Waals surface area contributed by atoms with Crippen LogP contribution >= 0.6 is 11.3 Å². The van der Waals surface area contributed by atoms with E-state index in [2.05, 4.69) is 72.8 Å². The maximum absolute atomic E-state index is 6.42. The molecule has 0 aliphatic heterocycles. The van der Waals surface area contributed by atoms with Gasteiger partial charge in [0.1, 0.15) is 16.2 Å². The first-order chi connectivity index (χ1) is 24.7. The van der Waals surface area contributed by atoms with Crippen LogP contribution in [0, 0.1) is 0 Å². The highest BCUT2D eigenvalue weighted by Gasteiger charge is 2.17. The molecule has 0 atom stereocenters. The third-order valence-corrected chi connectivity index (χ3v) is 10.2. The first-order valence-corrected chi connectivity index (χ1v) is 17.3. The van der Waals surface area contributed by atoms with Crippen molar-refractivity contribution in [3.05, 3.63) is 158 Å². The maximum Gasteiger partial charge on any atom is 0.164 e. The van der Waals surface area contributed by atoms with Crippen LogP contribution in [0.2, 0.25) is 0 Å². The van der Waals surface area contributed by atoms with Gasteiger partial charge in [0, 0.05) is 39.1 Å². The van der Waals surface area contributed by atoms with Gasteiger partial charge in [-0.05, 0) is 46.2 Å². The van der Waals surface area contributed by atoms with Gasteiger partial charge < -0.3 is 4.42 Å². The second kappa shape index (κ2) is 11.6. The molecule has 234 valence electrons. The molecule has 3 aromatic heterocycles. The Hall–Kier alpha value is -6.50. The molecule has 0 N–H and O–H groups in total. The summed E-state index contributed by atoms with van der Waals surface area (Å²) in [5.41, 5.74) is 8.90. The second-order valence-corrected chi connectivity index (χ2v) is 13.3. The summed E-state index contributed by atoms with van der Waals surface area (Å²) in [6.45, 7) is 0. The van der Waals surface area contributed by atoms with Gasteiger partial charge in [0.15, 0.2) is 17.5 Å². The molecule has 0 amide bonds. The van der Waals surface area contributed by atoms with Crippen LogP contribution in [0.3, 0.4) is 0 Å². The van der Waals surface area contributed by atoms with Crippen molar-refractivity contribution in [3.63, 3.8) is 0 Å². The van der Waals surface area contributed by atoms with E-state index in [-0.39, 0.29) is 0 Å². The van der Waals surface area contributed by atoms with Gasteiger partial charge in [0.2, 0.25) is 0 Å². The molecule has 50 heavy (non-hydrogen) atoms. The summed E-state index contributed by atoms with van der Waals surface area (Å²) in [5, 5.41) is 5.46. The van der Waals surface area contributed by atoms with Gasteiger partial charge in [-0.25, -0.2) is 19.9 Å². The average molecular weight is 659 g/mol. The highest BCUT2D eigenvalue weighted by molar-refractivity contribution is 7.21. The Kier molecular flexibility index (Phi) is 6.60. The number of fused-ring (bicyclic) bond motifs is 5. The summed E-state index contributed by atoms with van der Waals surface area (Å²) in [4.78, 5) is 19.6. The molecule has 0 radical (unpaired) electrons. The SMILES string of the molecule is c1ccc(-c2nc(-c3ccccc3)nc(-c3ccc4cc(-c5cccc6oc7cc8nc(-c9ccccc9)sc8cc7c56)ccc4c3)n2)cc1. The van der Waals surface area contributed by atoms with E-state index in [9.17, 15) is 0 Å².